The van der Waals surface area contributed by atoms with Crippen LogP contribution in [0.4, 0.5) is 11.4 Å². The molecule has 0 aliphatic rings. The van der Waals surface area contributed by atoms with Gasteiger partial charge in [0.25, 0.3) is 11.8 Å². The molecular weight excluding hydrogens is 404 g/mol. The van der Waals surface area contributed by atoms with Crippen molar-refractivity contribution in [2.75, 3.05) is 23.8 Å². The lowest BCUT2D eigenvalue weighted by atomic mass is 10.0. The van der Waals surface area contributed by atoms with Gasteiger partial charge >= 0.3 is 0 Å². The van der Waals surface area contributed by atoms with E-state index < -0.39 is 0 Å². The number of carbonyl (C=O) groups excluding carboxylic acids is 2. The van der Waals surface area contributed by atoms with E-state index in [-0.39, 0.29) is 18.4 Å². The van der Waals surface area contributed by atoms with Crippen molar-refractivity contribution in [3.8, 4) is 11.5 Å². The van der Waals surface area contributed by atoms with Crippen LogP contribution >= 0.6 is 0 Å². The third kappa shape index (κ3) is 6.35. The van der Waals surface area contributed by atoms with Crippen LogP contribution in [0.3, 0.4) is 0 Å². The van der Waals surface area contributed by atoms with Crippen molar-refractivity contribution in [1.29, 1.82) is 0 Å². The molecular formula is C26H28N2O4. The zero-order chi connectivity index (χ0) is 22.9. The molecule has 0 atom stereocenters. The molecule has 0 aliphatic carbocycles. The number of benzene rings is 3. The Hall–Kier alpha value is -3.80. The molecule has 0 heterocycles. The van der Waals surface area contributed by atoms with E-state index in [1.165, 1.54) is 5.56 Å². The molecule has 2 N–H and O–H groups in total. The summed E-state index contributed by atoms with van der Waals surface area (Å²) in [5.74, 6) is 1.11. The van der Waals surface area contributed by atoms with E-state index in [9.17, 15) is 9.59 Å². The van der Waals surface area contributed by atoms with Gasteiger partial charge in [-0.1, -0.05) is 38.1 Å². The van der Waals surface area contributed by atoms with Crippen molar-refractivity contribution >= 4 is 23.2 Å². The molecule has 6 heteroatoms. The second-order valence-corrected chi connectivity index (χ2v) is 7.52. The van der Waals surface area contributed by atoms with Gasteiger partial charge < -0.3 is 20.1 Å². The van der Waals surface area contributed by atoms with Crippen LogP contribution in [0.1, 0.15) is 42.6 Å². The maximum atomic E-state index is 12.8. The number of hydrogen-bond acceptors (Lipinski definition) is 4. The Kier molecular flexibility index (Phi) is 7.86. The number of carbonyl (C=O) groups is 2. The Labute approximate surface area is 188 Å². The first-order chi connectivity index (χ1) is 15.5. The number of para-hydroxylation sites is 1. The minimum Gasteiger partial charge on any atom is -0.494 e. The van der Waals surface area contributed by atoms with Crippen molar-refractivity contribution < 1.29 is 19.1 Å². The average molecular weight is 433 g/mol. The number of rotatable bonds is 9. The molecule has 0 saturated heterocycles. The summed E-state index contributed by atoms with van der Waals surface area (Å²) in [5, 5.41) is 5.59. The van der Waals surface area contributed by atoms with E-state index in [2.05, 4.69) is 24.5 Å². The normalized spacial score (nSPS) is 10.5. The maximum Gasteiger partial charge on any atom is 0.262 e. The van der Waals surface area contributed by atoms with Gasteiger partial charge in [-0.2, -0.15) is 0 Å². The lowest BCUT2D eigenvalue weighted by molar-refractivity contribution is -0.118. The van der Waals surface area contributed by atoms with Gasteiger partial charge in [0, 0.05) is 5.69 Å². The van der Waals surface area contributed by atoms with Crippen molar-refractivity contribution in [2.24, 2.45) is 0 Å². The van der Waals surface area contributed by atoms with Crippen LogP contribution in [-0.4, -0.2) is 25.0 Å². The van der Waals surface area contributed by atoms with Crippen molar-refractivity contribution in [2.45, 2.75) is 26.7 Å². The first-order valence-electron chi connectivity index (χ1n) is 10.6. The summed E-state index contributed by atoms with van der Waals surface area (Å²) in [6.45, 7) is 6.57. The molecule has 0 saturated carbocycles. The van der Waals surface area contributed by atoms with E-state index in [4.69, 9.17) is 9.47 Å². The largest absolute Gasteiger partial charge is 0.494 e. The molecule has 0 bridgehead atoms. The lowest BCUT2D eigenvalue weighted by Gasteiger charge is -2.13. The third-order valence-corrected chi connectivity index (χ3v) is 4.79. The molecule has 0 fully saturated rings. The molecule has 2 amide bonds. The van der Waals surface area contributed by atoms with Crippen LogP contribution < -0.4 is 20.1 Å². The maximum absolute atomic E-state index is 12.8. The van der Waals surface area contributed by atoms with Crippen LogP contribution in [0.5, 0.6) is 11.5 Å². The van der Waals surface area contributed by atoms with Crippen molar-refractivity contribution in [3.05, 3.63) is 83.9 Å². The van der Waals surface area contributed by atoms with Crippen LogP contribution in [-0.2, 0) is 4.79 Å². The van der Waals surface area contributed by atoms with E-state index in [0.29, 0.717) is 35.2 Å². The molecule has 166 valence electrons. The summed E-state index contributed by atoms with van der Waals surface area (Å²) in [4.78, 5) is 25.2. The predicted octanol–water partition coefficient (Wildman–Crippen LogP) is 5.48. The van der Waals surface area contributed by atoms with E-state index in [1.807, 2.05) is 31.2 Å². The summed E-state index contributed by atoms with van der Waals surface area (Å²) in [5.41, 5.74) is 2.61. The standard InChI is InChI=1S/C26H28N2O4/c1-4-31-21-15-11-20(12-16-21)27-26(30)23-7-5-6-8-24(23)28-25(29)17-32-22-13-9-19(10-14-22)18(2)3/h5-16,18H,4,17H2,1-3H3,(H,27,30)(H,28,29). The highest BCUT2D eigenvalue weighted by Crippen LogP contribution is 2.21. The fraction of sp³-hybridized carbons (Fsp3) is 0.231. The van der Waals surface area contributed by atoms with E-state index >= 15 is 0 Å². The summed E-state index contributed by atoms with van der Waals surface area (Å²) < 4.78 is 11.0. The lowest BCUT2D eigenvalue weighted by Crippen LogP contribution is -2.22. The van der Waals surface area contributed by atoms with Gasteiger partial charge in [-0.05, 0) is 66.9 Å². The molecule has 3 rings (SSSR count). The third-order valence-electron chi connectivity index (χ3n) is 4.79. The highest BCUT2D eigenvalue weighted by atomic mass is 16.5. The number of hydrogen-bond donors (Lipinski definition) is 2. The monoisotopic (exact) mass is 432 g/mol. The molecule has 0 radical (unpaired) electrons. The molecule has 32 heavy (non-hydrogen) atoms. The number of ether oxygens (including phenoxy) is 2. The van der Waals surface area contributed by atoms with Gasteiger partial charge in [-0.25, -0.2) is 0 Å². The fourth-order valence-corrected chi connectivity index (χ4v) is 3.07. The van der Waals surface area contributed by atoms with Crippen LogP contribution in [0.15, 0.2) is 72.8 Å². The number of amides is 2. The Balaban J connectivity index is 1.60. The summed E-state index contributed by atoms with van der Waals surface area (Å²) in [6, 6.07) is 21.6. The molecule has 0 aromatic heterocycles. The van der Waals surface area contributed by atoms with Gasteiger partial charge in [0.15, 0.2) is 6.61 Å². The summed E-state index contributed by atoms with van der Waals surface area (Å²) in [6.07, 6.45) is 0. The summed E-state index contributed by atoms with van der Waals surface area (Å²) in [7, 11) is 0. The topological polar surface area (TPSA) is 76.7 Å². The molecule has 3 aromatic carbocycles. The molecule has 0 aliphatic heterocycles. The smallest absolute Gasteiger partial charge is 0.262 e. The van der Waals surface area contributed by atoms with Crippen molar-refractivity contribution in [3.63, 3.8) is 0 Å². The highest BCUT2D eigenvalue weighted by molar-refractivity contribution is 6.10. The SMILES string of the molecule is CCOc1ccc(NC(=O)c2ccccc2NC(=O)COc2ccc(C(C)C)cc2)cc1. The van der Waals surface area contributed by atoms with Crippen molar-refractivity contribution in [1.82, 2.24) is 0 Å². The average Bonchev–Trinajstić information content (AvgIpc) is 2.80. The number of anilines is 2. The summed E-state index contributed by atoms with van der Waals surface area (Å²) >= 11 is 0. The van der Waals surface area contributed by atoms with Gasteiger partial charge in [-0.15, -0.1) is 0 Å². The van der Waals surface area contributed by atoms with E-state index in [0.717, 1.165) is 5.75 Å². The molecule has 3 aromatic rings. The van der Waals surface area contributed by atoms with Gasteiger partial charge in [-0.3, -0.25) is 9.59 Å². The zero-order valence-corrected chi connectivity index (χ0v) is 18.6. The Morgan fingerprint density at radius 2 is 1.44 bits per heavy atom. The second kappa shape index (κ2) is 11.0. The first kappa shape index (κ1) is 22.9. The van der Waals surface area contributed by atoms with Crippen LogP contribution in [0.25, 0.3) is 0 Å². The minimum absolute atomic E-state index is 0.157. The fourth-order valence-electron chi connectivity index (χ4n) is 3.07. The Bertz CT molecular complexity index is 1040. The number of nitrogens with one attached hydrogen (secondary N) is 2. The van der Waals surface area contributed by atoms with Gasteiger partial charge in [0.05, 0.1) is 17.9 Å². The molecule has 0 spiro atoms. The predicted molar refractivity (Wildman–Crippen MR) is 127 cm³/mol. The molecule has 0 unspecified atom stereocenters. The van der Waals surface area contributed by atoms with Gasteiger partial charge in [0.1, 0.15) is 11.5 Å². The Morgan fingerprint density at radius 3 is 2.09 bits per heavy atom. The quantitative estimate of drug-likeness (QED) is 0.469. The molecule has 6 nitrogen and oxygen atoms in total. The minimum atomic E-state index is -0.348. The van der Waals surface area contributed by atoms with E-state index in [1.54, 1.807) is 48.5 Å². The highest BCUT2D eigenvalue weighted by Gasteiger charge is 2.14. The Morgan fingerprint density at radius 1 is 0.812 bits per heavy atom. The first-order valence-corrected chi connectivity index (χ1v) is 10.6. The zero-order valence-electron chi connectivity index (χ0n) is 18.6. The van der Waals surface area contributed by atoms with Crippen LogP contribution in [0.2, 0.25) is 0 Å². The van der Waals surface area contributed by atoms with Crippen LogP contribution in [0, 0.1) is 0 Å². The van der Waals surface area contributed by atoms with Gasteiger partial charge in [0.2, 0.25) is 0 Å². The second-order valence-electron chi connectivity index (χ2n) is 7.52.